The van der Waals surface area contributed by atoms with Crippen LogP contribution in [-0.4, -0.2) is 31.7 Å². The molecule has 0 fully saturated rings. The second-order valence-electron chi connectivity index (χ2n) is 7.12. The SMILES string of the molecule is CCc1ccc(N(CCCC(=O)Nc2ccc3c(c2)sc(=O)n3C)S(C)(=O)=O)cc1. The highest BCUT2D eigenvalue weighted by atomic mass is 32.2. The number of aromatic nitrogens is 1. The van der Waals surface area contributed by atoms with E-state index in [-0.39, 0.29) is 23.7 Å². The van der Waals surface area contributed by atoms with Crippen molar-refractivity contribution in [3.63, 3.8) is 0 Å². The third-order valence-corrected chi connectivity index (χ3v) is 7.06. The fourth-order valence-electron chi connectivity index (χ4n) is 3.20. The summed E-state index contributed by atoms with van der Waals surface area (Å²) in [6.07, 6.45) is 2.61. The summed E-state index contributed by atoms with van der Waals surface area (Å²) in [5.74, 6) is -0.201. The minimum Gasteiger partial charge on any atom is -0.326 e. The third kappa shape index (κ3) is 5.09. The van der Waals surface area contributed by atoms with Crippen molar-refractivity contribution in [2.75, 3.05) is 22.4 Å². The number of aryl methyl sites for hydroxylation is 2. The van der Waals surface area contributed by atoms with Crippen molar-refractivity contribution in [1.29, 1.82) is 0 Å². The van der Waals surface area contributed by atoms with Gasteiger partial charge < -0.3 is 9.88 Å². The van der Waals surface area contributed by atoms with Crippen molar-refractivity contribution in [3.05, 3.63) is 57.7 Å². The van der Waals surface area contributed by atoms with E-state index in [9.17, 15) is 18.0 Å². The van der Waals surface area contributed by atoms with Gasteiger partial charge in [-0.25, -0.2) is 8.42 Å². The Hall–Kier alpha value is -2.65. The quantitative estimate of drug-likeness (QED) is 0.574. The van der Waals surface area contributed by atoms with Gasteiger partial charge in [0, 0.05) is 25.7 Å². The molecule has 0 spiro atoms. The molecule has 0 aliphatic carbocycles. The Bertz CT molecular complexity index is 1210. The van der Waals surface area contributed by atoms with E-state index >= 15 is 0 Å². The van der Waals surface area contributed by atoms with E-state index in [1.54, 1.807) is 41.9 Å². The highest BCUT2D eigenvalue weighted by Gasteiger charge is 2.17. The van der Waals surface area contributed by atoms with Crippen molar-refractivity contribution in [1.82, 2.24) is 4.57 Å². The van der Waals surface area contributed by atoms with E-state index in [2.05, 4.69) is 5.32 Å². The Morgan fingerprint density at radius 1 is 1.17 bits per heavy atom. The molecule has 1 N–H and O–H groups in total. The number of nitrogens with zero attached hydrogens (tertiary/aromatic N) is 2. The molecule has 2 aromatic carbocycles. The van der Waals surface area contributed by atoms with Gasteiger partial charge in [0.15, 0.2) is 0 Å². The number of rotatable bonds is 8. The minimum atomic E-state index is -3.45. The molecule has 7 nitrogen and oxygen atoms in total. The summed E-state index contributed by atoms with van der Waals surface area (Å²) >= 11 is 1.13. The second kappa shape index (κ2) is 9.01. The molecule has 160 valence electrons. The summed E-state index contributed by atoms with van der Waals surface area (Å²) < 4.78 is 28.1. The number of thiazole rings is 1. The van der Waals surface area contributed by atoms with Crippen LogP contribution in [0, 0.1) is 0 Å². The van der Waals surface area contributed by atoms with Crippen LogP contribution in [0.5, 0.6) is 0 Å². The summed E-state index contributed by atoms with van der Waals surface area (Å²) in [4.78, 5) is 24.0. The zero-order valence-corrected chi connectivity index (χ0v) is 18.8. The lowest BCUT2D eigenvalue weighted by atomic mass is 10.1. The topological polar surface area (TPSA) is 88.5 Å². The molecule has 0 atom stereocenters. The molecule has 1 heterocycles. The van der Waals surface area contributed by atoms with Crippen LogP contribution in [0.3, 0.4) is 0 Å². The van der Waals surface area contributed by atoms with E-state index in [4.69, 9.17) is 0 Å². The Kier molecular flexibility index (Phi) is 6.62. The van der Waals surface area contributed by atoms with Gasteiger partial charge in [0.05, 0.1) is 22.2 Å². The van der Waals surface area contributed by atoms with Gasteiger partial charge in [-0.2, -0.15) is 0 Å². The number of amides is 1. The fraction of sp³-hybridized carbons (Fsp3) is 0.333. The van der Waals surface area contributed by atoms with Crippen molar-refractivity contribution in [3.8, 4) is 0 Å². The smallest absolute Gasteiger partial charge is 0.307 e. The average Bonchev–Trinajstić information content (AvgIpc) is 2.97. The van der Waals surface area contributed by atoms with Crippen LogP contribution in [0.2, 0.25) is 0 Å². The molecule has 3 rings (SSSR count). The molecule has 0 aliphatic heterocycles. The van der Waals surface area contributed by atoms with Crippen LogP contribution in [0.15, 0.2) is 47.3 Å². The van der Waals surface area contributed by atoms with Gasteiger partial charge in [0.25, 0.3) is 0 Å². The summed E-state index contributed by atoms with van der Waals surface area (Å²) in [6.45, 7) is 2.26. The summed E-state index contributed by atoms with van der Waals surface area (Å²) in [7, 11) is -1.74. The van der Waals surface area contributed by atoms with E-state index in [1.165, 1.54) is 10.6 Å². The van der Waals surface area contributed by atoms with E-state index < -0.39 is 10.0 Å². The highest BCUT2D eigenvalue weighted by Crippen LogP contribution is 2.22. The van der Waals surface area contributed by atoms with Crippen molar-refractivity contribution >= 4 is 48.9 Å². The normalized spacial score (nSPS) is 11.6. The molecule has 9 heteroatoms. The lowest BCUT2D eigenvalue weighted by Crippen LogP contribution is -2.31. The molecule has 0 saturated carbocycles. The molecule has 30 heavy (non-hydrogen) atoms. The van der Waals surface area contributed by atoms with Crippen LogP contribution in [0.4, 0.5) is 11.4 Å². The van der Waals surface area contributed by atoms with Gasteiger partial charge >= 0.3 is 4.87 Å². The van der Waals surface area contributed by atoms with Crippen LogP contribution >= 0.6 is 11.3 Å². The zero-order valence-electron chi connectivity index (χ0n) is 17.2. The number of anilines is 2. The van der Waals surface area contributed by atoms with Crippen molar-refractivity contribution in [2.45, 2.75) is 26.2 Å². The van der Waals surface area contributed by atoms with Gasteiger partial charge in [-0.1, -0.05) is 30.4 Å². The molecule has 0 radical (unpaired) electrons. The van der Waals surface area contributed by atoms with Crippen LogP contribution in [-0.2, 0) is 28.3 Å². The number of hydrogen-bond donors (Lipinski definition) is 1. The van der Waals surface area contributed by atoms with Gasteiger partial charge in [0.1, 0.15) is 0 Å². The second-order valence-corrected chi connectivity index (χ2v) is 10.0. The first-order chi connectivity index (χ1) is 14.2. The first-order valence-electron chi connectivity index (χ1n) is 9.65. The van der Waals surface area contributed by atoms with Crippen molar-refractivity contribution < 1.29 is 13.2 Å². The van der Waals surface area contributed by atoms with E-state index in [0.717, 1.165) is 33.5 Å². The van der Waals surface area contributed by atoms with Crippen LogP contribution in [0.25, 0.3) is 10.2 Å². The maximum Gasteiger partial charge on any atom is 0.307 e. The molecule has 3 aromatic rings. The number of carbonyl (C=O) groups excluding carboxylic acids is 1. The van der Waals surface area contributed by atoms with Gasteiger partial charge in [-0.05, 0) is 48.7 Å². The molecule has 0 aliphatic rings. The summed E-state index contributed by atoms with van der Waals surface area (Å²) in [5, 5.41) is 2.82. The molecular weight excluding hydrogens is 422 g/mol. The molecule has 0 saturated heterocycles. The fourth-order valence-corrected chi connectivity index (χ4v) is 5.09. The molecule has 0 unspecified atom stereocenters. The van der Waals surface area contributed by atoms with Crippen LogP contribution < -0.4 is 14.5 Å². The maximum atomic E-state index is 12.3. The predicted molar refractivity (Wildman–Crippen MR) is 123 cm³/mol. The lowest BCUT2D eigenvalue weighted by Gasteiger charge is -2.22. The number of benzene rings is 2. The van der Waals surface area contributed by atoms with E-state index in [1.807, 2.05) is 19.1 Å². The van der Waals surface area contributed by atoms with Crippen molar-refractivity contribution in [2.24, 2.45) is 7.05 Å². The highest BCUT2D eigenvalue weighted by molar-refractivity contribution is 7.92. The predicted octanol–water partition coefficient (Wildman–Crippen LogP) is 3.35. The number of hydrogen-bond acceptors (Lipinski definition) is 5. The van der Waals surface area contributed by atoms with Crippen LogP contribution in [0.1, 0.15) is 25.3 Å². The Morgan fingerprint density at radius 2 is 1.87 bits per heavy atom. The maximum absolute atomic E-state index is 12.3. The number of sulfonamides is 1. The molecular formula is C21H25N3O4S2. The Labute approximate surface area is 180 Å². The minimum absolute atomic E-state index is 0.0543. The van der Waals surface area contributed by atoms with E-state index in [0.29, 0.717) is 17.8 Å². The first kappa shape index (κ1) is 22.0. The molecule has 1 amide bonds. The Morgan fingerprint density at radius 3 is 2.50 bits per heavy atom. The van der Waals surface area contributed by atoms with Gasteiger partial charge in [-0.15, -0.1) is 0 Å². The van der Waals surface area contributed by atoms with Gasteiger partial charge in [-0.3, -0.25) is 13.9 Å². The standard InChI is InChI=1S/C21H25N3O4S2/c1-4-15-7-10-17(11-8-15)24(30(3,27)28)13-5-6-20(25)22-16-9-12-18-19(14-16)29-21(26)23(18)2/h7-12,14H,4-6,13H2,1-3H3,(H,22,25). The summed E-state index contributed by atoms with van der Waals surface area (Å²) in [5.41, 5.74) is 3.16. The lowest BCUT2D eigenvalue weighted by molar-refractivity contribution is -0.116. The molecule has 1 aromatic heterocycles. The number of fused-ring (bicyclic) bond motifs is 1. The largest absolute Gasteiger partial charge is 0.326 e. The average molecular weight is 448 g/mol. The Balaban J connectivity index is 1.62. The number of carbonyl (C=O) groups is 1. The summed E-state index contributed by atoms with van der Waals surface area (Å²) in [6, 6.07) is 12.7. The first-order valence-corrected chi connectivity index (χ1v) is 12.3. The third-order valence-electron chi connectivity index (χ3n) is 4.87. The number of nitrogens with one attached hydrogen (secondary N) is 1. The zero-order chi connectivity index (χ0) is 21.9. The monoisotopic (exact) mass is 447 g/mol. The molecule has 0 bridgehead atoms. The van der Waals surface area contributed by atoms with Gasteiger partial charge in [0.2, 0.25) is 15.9 Å².